The van der Waals surface area contributed by atoms with E-state index in [2.05, 4.69) is 36.3 Å². The predicted octanol–water partition coefficient (Wildman–Crippen LogP) is 3.61. The first-order valence-corrected chi connectivity index (χ1v) is 6.79. The fourth-order valence-electron chi connectivity index (χ4n) is 2.26. The molecule has 0 heterocycles. The van der Waals surface area contributed by atoms with Crippen molar-refractivity contribution in [2.24, 2.45) is 10.9 Å². The Bertz CT molecular complexity index is 588. The first-order chi connectivity index (χ1) is 9.78. The summed E-state index contributed by atoms with van der Waals surface area (Å²) in [6.45, 7) is 2.19. The van der Waals surface area contributed by atoms with Crippen LogP contribution in [-0.2, 0) is 6.42 Å². The van der Waals surface area contributed by atoms with E-state index >= 15 is 0 Å². The Hall–Kier alpha value is -2.29. The molecule has 0 saturated carbocycles. The van der Waals surface area contributed by atoms with Crippen molar-refractivity contribution in [3.8, 4) is 16.9 Å². The monoisotopic (exact) mass is 268 g/mol. The number of ether oxygens (including phenoxy) is 1. The summed E-state index contributed by atoms with van der Waals surface area (Å²) in [6, 6.07) is 14.5. The third-order valence-electron chi connectivity index (χ3n) is 3.28. The Morgan fingerprint density at radius 3 is 2.50 bits per heavy atom. The van der Waals surface area contributed by atoms with E-state index in [9.17, 15) is 0 Å². The molecule has 0 spiro atoms. The molecule has 0 fully saturated rings. The van der Waals surface area contributed by atoms with E-state index < -0.39 is 0 Å². The number of methoxy groups -OCH3 is 1. The quantitative estimate of drug-likeness (QED) is 0.511. The van der Waals surface area contributed by atoms with Crippen molar-refractivity contribution in [1.82, 2.24) is 0 Å². The van der Waals surface area contributed by atoms with Gasteiger partial charge in [0.05, 0.1) is 13.3 Å². The average molecular weight is 268 g/mol. The summed E-state index contributed by atoms with van der Waals surface area (Å²) in [5, 5.41) is 3.63. The van der Waals surface area contributed by atoms with E-state index in [1.165, 1.54) is 5.56 Å². The highest BCUT2D eigenvalue weighted by molar-refractivity contribution is 5.90. The molecule has 20 heavy (non-hydrogen) atoms. The van der Waals surface area contributed by atoms with Gasteiger partial charge in [0.2, 0.25) is 0 Å². The van der Waals surface area contributed by atoms with Gasteiger partial charge in [-0.25, -0.2) is 0 Å². The third kappa shape index (κ3) is 3.18. The minimum atomic E-state index is 0.797. The fraction of sp³-hybridized carbons (Fsp3) is 0.235. The molecule has 0 aromatic heterocycles. The lowest BCUT2D eigenvalue weighted by Gasteiger charge is -2.09. The summed E-state index contributed by atoms with van der Waals surface area (Å²) in [7, 11) is 1.65. The Kier molecular flexibility index (Phi) is 4.77. The van der Waals surface area contributed by atoms with Crippen LogP contribution in [0.2, 0.25) is 0 Å². The van der Waals surface area contributed by atoms with Gasteiger partial charge in [-0.05, 0) is 35.2 Å². The molecule has 2 aromatic carbocycles. The molecule has 0 atom stereocenters. The number of benzene rings is 2. The van der Waals surface area contributed by atoms with Crippen LogP contribution in [0.3, 0.4) is 0 Å². The summed E-state index contributed by atoms with van der Waals surface area (Å²) < 4.78 is 5.24. The molecule has 104 valence electrons. The van der Waals surface area contributed by atoms with Crippen LogP contribution in [0.1, 0.15) is 24.5 Å². The van der Waals surface area contributed by atoms with E-state index in [1.54, 1.807) is 13.3 Å². The summed E-state index contributed by atoms with van der Waals surface area (Å²) in [5.41, 5.74) is 4.57. The molecular formula is C17H20N2O. The van der Waals surface area contributed by atoms with Gasteiger partial charge >= 0.3 is 0 Å². The Balaban J connectivity index is 2.40. The van der Waals surface area contributed by atoms with Crippen molar-refractivity contribution < 1.29 is 4.74 Å². The number of aryl methyl sites for hydroxylation is 1. The summed E-state index contributed by atoms with van der Waals surface area (Å²) >= 11 is 0. The van der Waals surface area contributed by atoms with Crippen LogP contribution in [0.15, 0.2) is 47.6 Å². The van der Waals surface area contributed by atoms with Crippen LogP contribution in [0, 0.1) is 0 Å². The molecule has 0 unspecified atom stereocenters. The molecule has 0 amide bonds. The maximum Gasteiger partial charge on any atom is 0.119 e. The van der Waals surface area contributed by atoms with Crippen molar-refractivity contribution >= 4 is 6.21 Å². The number of nitrogens with two attached hydrogens (primary N) is 1. The van der Waals surface area contributed by atoms with E-state index in [0.717, 1.165) is 35.3 Å². The zero-order valence-electron chi connectivity index (χ0n) is 12.0. The van der Waals surface area contributed by atoms with E-state index in [0.29, 0.717) is 0 Å². The minimum Gasteiger partial charge on any atom is -0.497 e. The molecule has 0 aliphatic carbocycles. The van der Waals surface area contributed by atoms with E-state index in [1.807, 2.05) is 18.2 Å². The molecule has 2 rings (SSSR count). The number of rotatable bonds is 5. The predicted molar refractivity (Wildman–Crippen MR) is 84.2 cm³/mol. The Morgan fingerprint density at radius 2 is 1.90 bits per heavy atom. The second-order valence-electron chi connectivity index (χ2n) is 4.68. The zero-order valence-corrected chi connectivity index (χ0v) is 12.0. The zero-order chi connectivity index (χ0) is 14.4. The molecule has 0 saturated heterocycles. The lowest BCUT2D eigenvalue weighted by Crippen LogP contribution is -1.93. The maximum atomic E-state index is 5.29. The number of hydrogen-bond acceptors (Lipinski definition) is 3. The van der Waals surface area contributed by atoms with E-state index in [-0.39, 0.29) is 0 Å². The van der Waals surface area contributed by atoms with Gasteiger partial charge in [0, 0.05) is 5.56 Å². The first kappa shape index (κ1) is 14.1. The Morgan fingerprint density at radius 1 is 1.15 bits per heavy atom. The molecule has 2 N–H and O–H groups in total. The lowest BCUT2D eigenvalue weighted by molar-refractivity contribution is 0.415. The summed E-state index contributed by atoms with van der Waals surface area (Å²) in [6.07, 6.45) is 3.92. The third-order valence-corrected chi connectivity index (χ3v) is 3.28. The van der Waals surface area contributed by atoms with Crippen molar-refractivity contribution in [3.63, 3.8) is 0 Å². The number of hydrazone groups is 1. The second kappa shape index (κ2) is 6.75. The molecule has 3 heteroatoms. The normalized spacial score (nSPS) is 10.9. The summed E-state index contributed by atoms with van der Waals surface area (Å²) in [5.74, 6) is 6.09. The Labute approximate surface area is 120 Å². The van der Waals surface area contributed by atoms with Gasteiger partial charge in [-0.15, -0.1) is 0 Å². The molecule has 0 radical (unpaired) electrons. The molecule has 0 aliphatic heterocycles. The number of hydrogen-bond donors (Lipinski definition) is 1. The van der Waals surface area contributed by atoms with Crippen LogP contribution in [0.4, 0.5) is 0 Å². The van der Waals surface area contributed by atoms with Crippen molar-refractivity contribution in [1.29, 1.82) is 0 Å². The minimum absolute atomic E-state index is 0.797. The molecule has 3 nitrogen and oxygen atoms in total. The van der Waals surface area contributed by atoms with Crippen molar-refractivity contribution in [3.05, 3.63) is 53.6 Å². The molecule has 2 aromatic rings. The van der Waals surface area contributed by atoms with Crippen LogP contribution < -0.4 is 10.6 Å². The maximum absolute atomic E-state index is 5.29. The molecule has 0 aliphatic rings. The SMILES string of the molecule is CCCc1ccc(-c2ccc(OC)cc2/C=N/N)cc1. The van der Waals surface area contributed by atoms with Gasteiger partial charge in [0.1, 0.15) is 5.75 Å². The van der Waals surface area contributed by atoms with Crippen LogP contribution >= 0.6 is 0 Å². The van der Waals surface area contributed by atoms with Crippen LogP contribution in [0.5, 0.6) is 5.75 Å². The largest absolute Gasteiger partial charge is 0.497 e. The van der Waals surface area contributed by atoms with Gasteiger partial charge in [0.25, 0.3) is 0 Å². The van der Waals surface area contributed by atoms with Gasteiger partial charge < -0.3 is 10.6 Å². The van der Waals surface area contributed by atoms with Gasteiger partial charge in [-0.1, -0.05) is 43.7 Å². The van der Waals surface area contributed by atoms with Crippen LogP contribution in [0.25, 0.3) is 11.1 Å². The first-order valence-electron chi connectivity index (χ1n) is 6.79. The standard InChI is InChI=1S/C17H20N2O/c1-3-4-13-5-7-14(8-6-13)17-10-9-16(20-2)11-15(17)12-19-18/h5-12H,3-4,18H2,1-2H3/b19-12+. The van der Waals surface area contributed by atoms with Gasteiger partial charge in [-0.2, -0.15) is 5.10 Å². The fourth-order valence-corrected chi connectivity index (χ4v) is 2.26. The second-order valence-corrected chi connectivity index (χ2v) is 4.68. The van der Waals surface area contributed by atoms with Crippen molar-refractivity contribution in [2.75, 3.05) is 7.11 Å². The lowest BCUT2D eigenvalue weighted by atomic mass is 9.98. The molecular weight excluding hydrogens is 248 g/mol. The summed E-state index contributed by atoms with van der Waals surface area (Å²) in [4.78, 5) is 0. The molecule has 0 bridgehead atoms. The topological polar surface area (TPSA) is 47.6 Å². The smallest absolute Gasteiger partial charge is 0.119 e. The average Bonchev–Trinajstić information content (AvgIpc) is 2.49. The highest BCUT2D eigenvalue weighted by Gasteiger charge is 2.05. The van der Waals surface area contributed by atoms with Crippen LogP contribution in [-0.4, -0.2) is 13.3 Å². The van der Waals surface area contributed by atoms with E-state index in [4.69, 9.17) is 10.6 Å². The van der Waals surface area contributed by atoms with Crippen molar-refractivity contribution in [2.45, 2.75) is 19.8 Å². The highest BCUT2D eigenvalue weighted by Crippen LogP contribution is 2.27. The van der Waals surface area contributed by atoms with Gasteiger partial charge in [-0.3, -0.25) is 0 Å². The number of nitrogens with zero attached hydrogens (tertiary/aromatic N) is 1. The van der Waals surface area contributed by atoms with Gasteiger partial charge in [0.15, 0.2) is 0 Å². The highest BCUT2D eigenvalue weighted by atomic mass is 16.5.